The third kappa shape index (κ3) is 3.71. The van der Waals surface area contributed by atoms with E-state index in [1.165, 1.54) is 38.8 Å². The molecule has 0 saturated carbocycles. The lowest BCUT2D eigenvalue weighted by molar-refractivity contribution is -0.940. The Kier molecular flexibility index (Phi) is 5.79. The van der Waals surface area contributed by atoms with E-state index in [4.69, 9.17) is 4.74 Å². The van der Waals surface area contributed by atoms with Crippen LogP contribution in [-0.4, -0.2) is 36.8 Å². The van der Waals surface area contributed by atoms with E-state index in [2.05, 4.69) is 0 Å². The molecular weight excluding hydrogens is 350 g/mol. The molecule has 0 radical (unpaired) electrons. The van der Waals surface area contributed by atoms with Crippen LogP contribution >= 0.6 is 0 Å². The number of esters is 1. The van der Waals surface area contributed by atoms with Crippen LogP contribution in [0.25, 0.3) is 0 Å². The molecule has 2 aliphatic rings. The molecule has 0 bridgehead atoms. The highest BCUT2D eigenvalue weighted by molar-refractivity contribution is 5.85. The van der Waals surface area contributed by atoms with Gasteiger partial charge in [0.05, 0.1) is 25.7 Å². The van der Waals surface area contributed by atoms with Crippen LogP contribution in [0.1, 0.15) is 43.2 Å². The van der Waals surface area contributed by atoms with Crippen LogP contribution in [0.2, 0.25) is 0 Å². The van der Waals surface area contributed by atoms with Crippen molar-refractivity contribution in [1.29, 1.82) is 0 Å². The second-order valence-electron chi connectivity index (χ2n) is 8.20. The van der Waals surface area contributed by atoms with Crippen LogP contribution in [0.3, 0.4) is 0 Å². The largest absolute Gasteiger partial charge is 0.462 e. The van der Waals surface area contributed by atoms with E-state index in [1.807, 2.05) is 36.4 Å². The van der Waals surface area contributed by atoms with Crippen LogP contribution < -0.4 is 4.90 Å². The fourth-order valence-electron chi connectivity index (χ4n) is 5.03. The maximum absolute atomic E-state index is 13.2. The van der Waals surface area contributed by atoms with E-state index < -0.39 is 11.6 Å². The quantitative estimate of drug-likeness (QED) is 0.783. The van der Waals surface area contributed by atoms with Crippen LogP contribution in [0.4, 0.5) is 0 Å². The number of piperidine rings is 2. The second kappa shape index (κ2) is 8.46. The molecule has 0 amide bonds. The summed E-state index contributed by atoms with van der Waals surface area (Å²) in [7, 11) is 0. The van der Waals surface area contributed by atoms with Crippen molar-refractivity contribution in [2.45, 2.75) is 43.7 Å². The van der Waals surface area contributed by atoms with Crippen molar-refractivity contribution in [3.63, 3.8) is 0 Å². The van der Waals surface area contributed by atoms with E-state index in [-0.39, 0.29) is 0 Å². The first-order valence-electron chi connectivity index (χ1n) is 10.5. The molecule has 2 heterocycles. The molecule has 0 aliphatic carbocycles. The second-order valence-corrected chi connectivity index (χ2v) is 8.20. The van der Waals surface area contributed by atoms with Crippen LogP contribution in [-0.2, 0) is 15.1 Å². The Bertz CT molecular complexity index is 735. The number of fused-ring (bicyclic) bond motifs is 1. The maximum Gasteiger partial charge on any atom is 0.347 e. The Balaban J connectivity index is 1.53. The van der Waals surface area contributed by atoms with Gasteiger partial charge in [-0.2, -0.15) is 0 Å². The number of carbonyl (C=O) groups excluding carboxylic acids is 1. The molecule has 0 aromatic heterocycles. The van der Waals surface area contributed by atoms with Gasteiger partial charge in [0.1, 0.15) is 0 Å². The molecule has 2 saturated heterocycles. The van der Waals surface area contributed by atoms with Crippen molar-refractivity contribution in [3.05, 3.63) is 71.8 Å². The molecule has 2 fully saturated rings. The minimum Gasteiger partial charge on any atom is -0.462 e. The molecule has 0 spiro atoms. The van der Waals surface area contributed by atoms with E-state index in [1.54, 1.807) is 29.2 Å². The van der Waals surface area contributed by atoms with Crippen molar-refractivity contribution in [3.8, 4) is 0 Å². The topological polar surface area (TPSA) is 51.0 Å². The Morgan fingerprint density at radius 2 is 1.54 bits per heavy atom. The SMILES string of the molecule is O=C(OC[C@@H]1CCC[NH+]2CCCC[C@H]12)C(O)(c1ccccc1)c1ccccc1. The average molecular weight is 381 g/mol. The van der Waals surface area contributed by atoms with Crippen LogP contribution in [0.5, 0.6) is 0 Å². The smallest absolute Gasteiger partial charge is 0.347 e. The Morgan fingerprint density at radius 3 is 2.18 bits per heavy atom. The first-order chi connectivity index (χ1) is 13.7. The molecule has 2 aromatic rings. The number of carbonyl (C=O) groups is 1. The van der Waals surface area contributed by atoms with Gasteiger partial charge < -0.3 is 14.7 Å². The van der Waals surface area contributed by atoms with Gasteiger partial charge in [-0.15, -0.1) is 0 Å². The maximum atomic E-state index is 13.2. The number of hydrogen-bond donors (Lipinski definition) is 2. The highest BCUT2D eigenvalue weighted by Crippen LogP contribution is 2.31. The summed E-state index contributed by atoms with van der Waals surface area (Å²) < 4.78 is 5.80. The predicted molar refractivity (Wildman–Crippen MR) is 108 cm³/mol. The molecule has 4 nitrogen and oxygen atoms in total. The van der Waals surface area contributed by atoms with Gasteiger partial charge in [-0.25, -0.2) is 4.79 Å². The first-order valence-corrected chi connectivity index (χ1v) is 10.5. The molecule has 2 aliphatic heterocycles. The van der Waals surface area contributed by atoms with Gasteiger partial charge >= 0.3 is 5.97 Å². The summed E-state index contributed by atoms with van der Waals surface area (Å²) in [6.45, 7) is 2.88. The molecule has 28 heavy (non-hydrogen) atoms. The van der Waals surface area contributed by atoms with E-state index in [9.17, 15) is 9.90 Å². The Hall–Kier alpha value is -2.17. The zero-order chi connectivity index (χ0) is 19.4. The Morgan fingerprint density at radius 1 is 0.929 bits per heavy atom. The average Bonchev–Trinajstić information content (AvgIpc) is 2.78. The molecule has 2 aromatic carbocycles. The summed E-state index contributed by atoms with van der Waals surface area (Å²) >= 11 is 0. The highest BCUT2D eigenvalue weighted by Gasteiger charge is 2.43. The molecule has 1 unspecified atom stereocenters. The number of quaternary nitrogens is 1. The third-order valence-electron chi connectivity index (χ3n) is 6.54. The number of nitrogens with one attached hydrogen (secondary N) is 1. The van der Waals surface area contributed by atoms with Gasteiger partial charge in [-0.3, -0.25) is 0 Å². The summed E-state index contributed by atoms with van der Waals surface area (Å²) in [6, 6.07) is 18.8. The normalized spacial score (nSPS) is 25.0. The van der Waals surface area contributed by atoms with Crippen LogP contribution in [0, 0.1) is 5.92 Å². The molecule has 148 valence electrons. The lowest BCUT2D eigenvalue weighted by atomic mass is 9.83. The minimum atomic E-state index is -1.78. The lowest BCUT2D eigenvalue weighted by Gasteiger charge is -2.41. The van der Waals surface area contributed by atoms with Gasteiger partial charge in [0.25, 0.3) is 0 Å². The van der Waals surface area contributed by atoms with Crippen molar-refractivity contribution < 1.29 is 19.5 Å². The van der Waals surface area contributed by atoms with Gasteiger partial charge in [-0.1, -0.05) is 60.7 Å². The monoisotopic (exact) mass is 380 g/mol. The summed E-state index contributed by atoms with van der Waals surface area (Å²) in [5.74, 6) is -0.184. The third-order valence-corrected chi connectivity index (χ3v) is 6.54. The van der Waals surface area contributed by atoms with Gasteiger partial charge in [0.15, 0.2) is 0 Å². The summed E-state index contributed by atoms with van der Waals surface area (Å²) in [4.78, 5) is 14.9. The van der Waals surface area contributed by atoms with Crippen molar-refractivity contribution in [2.24, 2.45) is 5.92 Å². The number of ether oxygens (including phenoxy) is 1. The lowest BCUT2D eigenvalue weighted by Crippen LogP contribution is -3.18. The van der Waals surface area contributed by atoms with Gasteiger partial charge in [0.2, 0.25) is 5.60 Å². The minimum absolute atomic E-state index is 0.392. The molecule has 4 rings (SSSR count). The number of aliphatic hydroxyl groups is 1. The highest BCUT2D eigenvalue weighted by atomic mass is 16.5. The Labute approximate surface area is 167 Å². The predicted octanol–water partition coefficient (Wildman–Crippen LogP) is 2.31. The molecule has 3 atom stereocenters. The number of benzene rings is 2. The summed E-state index contributed by atoms with van der Waals surface area (Å²) in [5.41, 5.74) is -0.699. The van der Waals surface area contributed by atoms with Gasteiger partial charge in [-0.05, 0) is 43.2 Å². The van der Waals surface area contributed by atoms with Crippen molar-refractivity contribution >= 4 is 5.97 Å². The zero-order valence-electron chi connectivity index (χ0n) is 16.3. The molecule has 4 heteroatoms. The van der Waals surface area contributed by atoms with Crippen LogP contribution in [0.15, 0.2) is 60.7 Å². The summed E-state index contributed by atoms with van der Waals surface area (Å²) in [5, 5.41) is 11.5. The fraction of sp³-hybridized carbons (Fsp3) is 0.458. The molecule has 2 N–H and O–H groups in total. The molecular formula is C24H30NO3+. The van der Waals surface area contributed by atoms with Crippen molar-refractivity contribution in [2.75, 3.05) is 19.7 Å². The number of rotatable bonds is 5. The summed E-state index contributed by atoms with van der Waals surface area (Å²) in [6.07, 6.45) is 6.10. The van der Waals surface area contributed by atoms with E-state index in [0.717, 1.165) is 6.42 Å². The van der Waals surface area contributed by atoms with E-state index in [0.29, 0.717) is 29.7 Å². The zero-order valence-corrected chi connectivity index (χ0v) is 16.3. The van der Waals surface area contributed by atoms with Gasteiger partial charge in [0, 0.05) is 5.92 Å². The number of hydrogen-bond acceptors (Lipinski definition) is 3. The van der Waals surface area contributed by atoms with E-state index >= 15 is 0 Å². The van der Waals surface area contributed by atoms with Crippen molar-refractivity contribution in [1.82, 2.24) is 0 Å². The first kappa shape index (κ1) is 19.2. The standard InChI is InChI=1S/C24H29NO3/c26-23(28-18-19-10-9-17-25-16-8-7-15-22(19)25)24(27,20-11-3-1-4-12-20)21-13-5-2-6-14-21/h1-6,11-14,19,22,27H,7-10,15-18H2/p+1/t19-,22+/m0/s1. The fourth-order valence-corrected chi connectivity index (χ4v) is 5.03.